The molecule has 0 unspecified atom stereocenters. The van der Waals surface area contributed by atoms with Crippen molar-refractivity contribution in [2.24, 2.45) is 0 Å². The maximum atomic E-state index is 11.6. The Morgan fingerprint density at radius 1 is 1.18 bits per heavy atom. The van der Waals surface area contributed by atoms with E-state index >= 15 is 0 Å². The molecule has 0 atom stereocenters. The summed E-state index contributed by atoms with van der Waals surface area (Å²) in [7, 11) is -1.41. The highest BCUT2D eigenvalue weighted by molar-refractivity contribution is 7.90. The minimum absolute atomic E-state index is 0.208. The van der Waals surface area contributed by atoms with Crippen LogP contribution in [0.4, 0.5) is 0 Å². The lowest BCUT2D eigenvalue weighted by Crippen LogP contribution is -2.30. The van der Waals surface area contributed by atoms with E-state index in [9.17, 15) is 13.2 Å². The summed E-state index contributed by atoms with van der Waals surface area (Å²) in [5.74, 6) is -0.208. The molecule has 0 aliphatic carbocycles. The van der Waals surface area contributed by atoms with Gasteiger partial charge in [0.1, 0.15) is 0 Å². The molecule has 0 spiro atoms. The maximum absolute atomic E-state index is 11.6. The molecule has 0 aromatic heterocycles. The average Bonchev–Trinajstić information content (AvgIpc) is 2.28. The minimum Gasteiger partial charge on any atom is -0.351 e. The van der Waals surface area contributed by atoms with E-state index < -0.39 is 9.84 Å². The summed E-state index contributed by atoms with van der Waals surface area (Å²) in [5.41, 5.74) is 0.452. The Balaban J connectivity index is 2.71. The van der Waals surface area contributed by atoms with Gasteiger partial charge in [-0.2, -0.15) is 0 Å². The lowest BCUT2D eigenvalue weighted by Gasteiger charge is -2.05. The Labute approximate surface area is 101 Å². The maximum Gasteiger partial charge on any atom is 0.251 e. The largest absolute Gasteiger partial charge is 0.351 e. The van der Waals surface area contributed by atoms with Crippen molar-refractivity contribution in [3.05, 3.63) is 29.8 Å². The Hall–Kier alpha value is -1.40. The van der Waals surface area contributed by atoms with E-state index in [0.29, 0.717) is 18.7 Å². The van der Waals surface area contributed by atoms with Gasteiger partial charge in [0.25, 0.3) is 5.91 Å². The van der Waals surface area contributed by atoms with Crippen LogP contribution in [0, 0.1) is 0 Å². The van der Waals surface area contributed by atoms with Crippen molar-refractivity contribution in [1.29, 1.82) is 0 Å². The molecule has 0 aliphatic rings. The molecule has 5 nitrogen and oxygen atoms in total. The lowest BCUT2D eigenvalue weighted by atomic mass is 10.2. The topological polar surface area (TPSA) is 75.3 Å². The number of carbonyl (C=O) groups excluding carboxylic acids is 1. The van der Waals surface area contributed by atoms with Gasteiger partial charge in [-0.25, -0.2) is 8.42 Å². The second-order valence-electron chi connectivity index (χ2n) is 3.66. The summed E-state index contributed by atoms with van der Waals surface area (Å²) < 4.78 is 22.4. The first kappa shape index (κ1) is 13.7. The van der Waals surface area contributed by atoms with E-state index in [1.807, 2.05) is 0 Å². The van der Waals surface area contributed by atoms with E-state index in [0.717, 1.165) is 6.26 Å². The van der Waals surface area contributed by atoms with Crippen LogP contribution in [-0.4, -0.2) is 40.7 Å². The molecule has 1 aromatic rings. The molecule has 0 heterocycles. The molecule has 1 rings (SSSR count). The molecule has 2 N–H and O–H groups in total. The predicted molar refractivity (Wildman–Crippen MR) is 65.8 cm³/mol. The molecule has 0 bridgehead atoms. The third kappa shape index (κ3) is 4.16. The first-order valence-electron chi connectivity index (χ1n) is 5.18. The highest BCUT2D eigenvalue weighted by Gasteiger charge is 2.09. The third-order valence-electron chi connectivity index (χ3n) is 2.21. The van der Waals surface area contributed by atoms with Crippen LogP contribution in [0.25, 0.3) is 0 Å². The molecule has 0 fully saturated rings. The third-order valence-corrected chi connectivity index (χ3v) is 3.33. The first-order valence-corrected chi connectivity index (χ1v) is 7.07. The summed E-state index contributed by atoms with van der Waals surface area (Å²) in [6.07, 6.45) is 1.13. The Kier molecular flexibility index (Phi) is 4.65. The van der Waals surface area contributed by atoms with Gasteiger partial charge in [-0.05, 0) is 31.3 Å². The molecule has 0 radical (unpaired) electrons. The molecule has 0 saturated heterocycles. The van der Waals surface area contributed by atoms with Crippen LogP contribution in [0.15, 0.2) is 29.2 Å². The normalized spacial score (nSPS) is 11.2. The summed E-state index contributed by atoms with van der Waals surface area (Å²) in [6, 6.07) is 5.88. The second kappa shape index (κ2) is 5.79. The van der Waals surface area contributed by atoms with Gasteiger partial charge in [-0.15, -0.1) is 0 Å². The van der Waals surface area contributed by atoms with E-state index in [-0.39, 0.29) is 10.8 Å². The van der Waals surface area contributed by atoms with Gasteiger partial charge in [-0.3, -0.25) is 4.79 Å². The Morgan fingerprint density at radius 2 is 1.76 bits per heavy atom. The SMILES string of the molecule is CNCCNC(=O)c1ccc(S(C)(=O)=O)cc1. The van der Waals surface area contributed by atoms with E-state index in [4.69, 9.17) is 0 Å². The molecule has 94 valence electrons. The number of rotatable bonds is 5. The first-order chi connectivity index (χ1) is 7.95. The predicted octanol–water partition coefficient (Wildman–Crippen LogP) is 0.0393. The highest BCUT2D eigenvalue weighted by atomic mass is 32.2. The number of hydrogen-bond donors (Lipinski definition) is 2. The summed E-state index contributed by atoms with van der Waals surface area (Å²) in [4.78, 5) is 11.8. The average molecular weight is 256 g/mol. The van der Waals surface area contributed by atoms with Crippen LogP contribution in [0.5, 0.6) is 0 Å². The second-order valence-corrected chi connectivity index (χ2v) is 5.67. The number of likely N-dealkylation sites (N-methyl/N-ethyl adjacent to an activating group) is 1. The number of carbonyl (C=O) groups is 1. The molecular weight excluding hydrogens is 240 g/mol. The van der Waals surface area contributed by atoms with Crippen LogP contribution in [0.2, 0.25) is 0 Å². The highest BCUT2D eigenvalue weighted by Crippen LogP contribution is 2.10. The van der Waals surface area contributed by atoms with Gasteiger partial charge >= 0.3 is 0 Å². The minimum atomic E-state index is -3.21. The van der Waals surface area contributed by atoms with E-state index in [1.165, 1.54) is 24.3 Å². The van der Waals surface area contributed by atoms with Gasteiger partial charge in [0.05, 0.1) is 4.90 Å². The summed E-state index contributed by atoms with van der Waals surface area (Å²) in [5, 5.41) is 5.62. The van der Waals surface area contributed by atoms with Crippen LogP contribution >= 0.6 is 0 Å². The fourth-order valence-corrected chi connectivity index (χ4v) is 1.89. The van der Waals surface area contributed by atoms with Crippen molar-refractivity contribution in [2.45, 2.75) is 4.90 Å². The van der Waals surface area contributed by atoms with E-state index in [1.54, 1.807) is 7.05 Å². The smallest absolute Gasteiger partial charge is 0.251 e. The zero-order valence-corrected chi connectivity index (χ0v) is 10.7. The van der Waals surface area contributed by atoms with Crippen molar-refractivity contribution >= 4 is 15.7 Å². The zero-order chi connectivity index (χ0) is 12.9. The summed E-state index contributed by atoms with van der Waals surface area (Å²) in [6.45, 7) is 1.22. The monoisotopic (exact) mass is 256 g/mol. The van der Waals surface area contributed by atoms with Gasteiger partial charge in [0.2, 0.25) is 0 Å². The van der Waals surface area contributed by atoms with Crippen molar-refractivity contribution in [1.82, 2.24) is 10.6 Å². The molecule has 1 aromatic carbocycles. The van der Waals surface area contributed by atoms with Crippen molar-refractivity contribution in [3.8, 4) is 0 Å². The number of sulfone groups is 1. The van der Waals surface area contributed by atoms with Gasteiger partial charge in [-0.1, -0.05) is 0 Å². The van der Waals surface area contributed by atoms with Crippen molar-refractivity contribution < 1.29 is 13.2 Å². The number of hydrogen-bond acceptors (Lipinski definition) is 4. The number of nitrogens with one attached hydrogen (secondary N) is 2. The van der Waals surface area contributed by atoms with Crippen LogP contribution < -0.4 is 10.6 Å². The lowest BCUT2D eigenvalue weighted by molar-refractivity contribution is 0.0954. The standard InChI is InChI=1S/C11H16N2O3S/c1-12-7-8-13-11(14)9-3-5-10(6-4-9)17(2,15)16/h3-6,12H,7-8H2,1-2H3,(H,13,14). The zero-order valence-electron chi connectivity index (χ0n) is 9.86. The summed E-state index contributed by atoms with van der Waals surface area (Å²) >= 11 is 0. The van der Waals surface area contributed by atoms with Crippen LogP contribution in [0.1, 0.15) is 10.4 Å². The fourth-order valence-electron chi connectivity index (χ4n) is 1.26. The van der Waals surface area contributed by atoms with Gasteiger partial charge < -0.3 is 10.6 Å². The van der Waals surface area contributed by atoms with E-state index in [2.05, 4.69) is 10.6 Å². The molecule has 0 saturated carbocycles. The van der Waals surface area contributed by atoms with Gasteiger partial charge in [0.15, 0.2) is 9.84 Å². The quantitative estimate of drug-likeness (QED) is 0.729. The molecule has 17 heavy (non-hydrogen) atoms. The number of amides is 1. The van der Waals surface area contributed by atoms with Crippen LogP contribution in [0.3, 0.4) is 0 Å². The Morgan fingerprint density at radius 3 is 2.24 bits per heavy atom. The molecule has 6 heteroatoms. The van der Waals surface area contributed by atoms with Crippen molar-refractivity contribution in [2.75, 3.05) is 26.4 Å². The molecular formula is C11H16N2O3S. The molecule has 1 amide bonds. The molecule has 0 aliphatic heterocycles. The fraction of sp³-hybridized carbons (Fsp3) is 0.364. The van der Waals surface area contributed by atoms with Gasteiger partial charge in [0, 0.05) is 24.9 Å². The number of benzene rings is 1. The van der Waals surface area contributed by atoms with Crippen molar-refractivity contribution in [3.63, 3.8) is 0 Å². The van der Waals surface area contributed by atoms with Crippen LogP contribution in [-0.2, 0) is 9.84 Å². The Bertz CT molecular complexity index is 480.